The number of hydrogen-bond acceptors (Lipinski definition) is 7. The average Bonchev–Trinajstić information content (AvgIpc) is 3.41. The quantitative estimate of drug-likeness (QED) is 0.604. The van der Waals surface area contributed by atoms with Gasteiger partial charge in [0.05, 0.1) is 12.0 Å². The monoisotopic (exact) mass is 430 g/mol. The van der Waals surface area contributed by atoms with Crippen LogP contribution in [-0.2, 0) is 4.79 Å². The summed E-state index contributed by atoms with van der Waals surface area (Å²) >= 11 is 1.34. The van der Waals surface area contributed by atoms with Crippen LogP contribution < -0.4 is 15.4 Å². The molecule has 0 radical (unpaired) electrons. The van der Waals surface area contributed by atoms with E-state index in [1.165, 1.54) is 24.2 Å². The zero-order chi connectivity index (χ0) is 20.9. The van der Waals surface area contributed by atoms with Crippen LogP contribution in [-0.4, -0.2) is 39.3 Å². The van der Waals surface area contributed by atoms with Gasteiger partial charge in [0.25, 0.3) is 5.91 Å². The Morgan fingerprint density at radius 3 is 2.30 bits per heavy atom. The number of rotatable bonds is 7. The van der Waals surface area contributed by atoms with Crippen molar-refractivity contribution in [1.29, 1.82) is 0 Å². The predicted octanol–water partition coefficient (Wildman–Crippen LogP) is 4.17. The Bertz CT molecular complexity index is 871. The summed E-state index contributed by atoms with van der Waals surface area (Å²) in [6.07, 6.45) is 7.54. The van der Waals surface area contributed by atoms with Crippen LogP contribution in [0.4, 0.5) is 10.3 Å². The van der Waals surface area contributed by atoms with Gasteiger partial charge in [-0.25, -0.2) is 0 Å². The van der Waals surface area contributed by atoms with E-state index in [1.807, 2.05) is 0 Å². The molecule has 0 atom stereocenters. The minimum atomic E-state index is -0.722. The Kier molecular flexibility index (Phi) is 6.47. The molecule has 0 unspecified atom stereocenters. The second kappa shape index (κ2) is 9.42. The van der Waals surface area contributed by atoms with Crippen molar-refractivity contribution in [2.75, 3.05) is 10.6 Å². The number of anilines is 2. The lowest BCUT2D eigenvalue weighted by molar-refractivity contribution is -0.143. The molecule has 0 spiro atoms. The molecule has 9 heteroatoms. The number of carboxylic acid groups (broad SMARTS) is 1. The number of aromatic nitrogens is 2. The van der Waals surface area contributed by atoms with Gasteiger partial charge in [0.2, 0.25) is 10.3 Å². The zero-order valence-electron chi connectivity index (χ0n) is 16.7. The third kappa shape index (κ3) is 5.27. The lowest BCUT2D eigenvalue weighted by Crippen LogP contribution is -2.27. The van der Waals surface area contributed by atoms with Crippen LogP contribution >= 0.6 is 11.3 Å². The van der Waals surface area contributed by atoms with Gasteiger partial charge >= 0.3 is 5.97 Å². The number of amides is 1. The fourth-order valence-electron chi connectivity index (χ4n) is 4.05. The van der Waals surface area contributed by atoms with Crippen molar-refractivity contribution >= 4 is 33.5 Å². The van der Waals surface area contributed by atoms with E-state index < -0.39 is 5.97 Å². The van der Waals surface area contributed by atoms with Crippen molar-refractivity contribution in [1.82, 2.24) is 10.2 Å². The minimum absolute atomic E-state index is 0.0208. The second-order valence-corrected chi connectivity index (χ2v) is 8.92. The lowest BCUT2D eigenvalue weighted by atomic mass is 9.87. The van der Waals surface area contributed by atoms with Crippen LogP contribution in [0.5, 0.6) is 5.75 Å². The number of carboxylic acids is 1. The highest BCUT2D eigenvalue weighted by molar-refractivity contribution is 7.19. The molecule has 0 bridgehead atoms. The molecule has 0 aliphatic heterocycles. The molecule has 2 aliphatic rings. The van der Waals surface area contributed by atoms with E-state index in [9.17, 15) is 9.59 Å². The van der Waals surface area contributed by atoms with Gasteiger partial charge in [0, 0.05) is 11.6 Å². The number of carbonyl (C=O) groups is 2. The predicted molar refractivity (Wildman–Crippen MR) is 114 cm³/mol. The summed E-state index contributed by atoms with van der Waals surface area (Å²) in [6.45, 7) is 0. The molecule has 160 valence electrons. The Morgan fingerprint density at radius 1 is 0.967 bits per heavy atom. The van der Waals surface area contributed by atoms with Crippen molar-refractivity contribution in [2.24, 2.45) is 5.92 Å². The summed E-state index contributed by atoms with van der Waals surface area (Å²) in [4.78, 5) is 23.5. The molecule has 3 N–H and O–H groups in total. The molecule has 30 heavy (non-hydrogen) atoms. The molecular formula is C21H26N4O4S. The Morgan fingerprint density at radius 2 is 1.63 bits per heavy atom. The number of hydrogen-bond donors (Lipinski definition) is 3. The summed E-state index contributed by atoms with van der Waals surface area (Å²) in [5.41, 5.74) is 0.512. The van der Waals surface area contributed by atoms with Crippen molar-refractivity contribution in [3.63, 3.8) is 0 Å². The first-order valence-corrected chi connectivity index (χ1v) is 11.3. The van der Waals surface area contributed by atoms with Crippen LogP contribution in [0.2, 0.25) is 0 Å². The van der Waals surface area contributed by atoms with E-state index in [2.05, 4.69) is 20.8 Å². The van der Waals surface area contributed by atoms with Gasteiger partial charge in [0.1, 0.15) is 5.75 Å². The second-order valence-electron chi connectivity index (χ2n) is 7.95. The number of benzene rings is 1. The number of nitrogens with one attached hydrogen (secondary N) is 2. The van der Waals surface area contributed by atoms with Crippen LogP contribution in [0.1, 0.15) is 61.7 Å². The fraction of sp³-hybridized carbons (Fsp3) is 0.524. The first-order chi connectivity index (χ1) is 14.6. The van der Waals surface area contributed by atoms with Gasteiger partial charge in [-0.2, -0.15) is 0 Å². The van der Waals surface area contributed by atoms with E-state index in [-0.39, 0.29) is 17.9 Å². The van der Waals surface area contributed by atoms with Crippen molar-refractivity contribution in [3.8, 4) is 5.75 Å². The summed E-state index contributed by atoms with van der Waals surface area (Å²) in [5.74, 6) is -0.540. The van der Waals surface area contributed by atoms with Gasteiger partial charge in [-0.15, -0.1) is 10.2 Å². The number of aliphatic carboxylic acids is 1. The van der Waals surface area contributed by atoms with E-state index in [0.717, 1.165) is 30.8 Å². The smallest absolute Gasteiger partial charge is 0.306 e. The number of ether oxygens (including phenoxy) is 1. The van der Waals surface area contributed by atoms with Gasteiger partial charge in [-0.05, 0) is 62.8 Å². The van der Waals surface area contributed by atoms with Crippen LogP contribution in [0.3, 0.4) is 0 Å². The highest BCUT2D eigenvalue weighted by Gasteiger charge is 2.27. The Balaban J connectivity index is 1.27. The zero-order valence-corrected chi connectivity index (χ0v) is 17.5. The summed E-state index contributed by atoms with van der Waals surface area (Å²) < 4.78 is 5.95. The van der Waals surface area contributed by atoms with Crippen molar-refractivity contribution < 1.29 is 19.4 Å². The maximum absolute atomic E-state index is 12.5. The topological polar surface area (TPSA) is 113 Å². The van der Waals surface area contributed by atoms with E-state index >= 15 is 0 Å². The van der Waals surface area contributed by atoms with Gasteiger partial charge < -0.3 is 15.2 Å². The molecule has 2 fully saturated rings. The third-order valence-corrected chi connectivity index (χ3v) is 6.54. The average molecular weight is 431 g/mol. The maximum atomic E-state index is 12.5. The van der Waals surface area contributed by atoms with Gasteiger partial charge in [-0.3, -0.25) is 14.9 Å². The third-order valence-electron chi connectivity index (χ3n) is 5.77. The molecule has 1 heterocycles. The molecular weight excluding hydrogens is 404 g/mol. The van der Waals surface area contributed by atoms with Crippen LogP contribution in [0.15, 0.2) is 24.3 Å². The molecule has 4 rings (SSSR count). The molecule has 1 aromatic heterocycles. The molecule has 1 aromatic carbocycles. The van der Waals surface area contributed by atoms with Crippen LogP contribution in [0, 0.1) is 5.92 Å². The molecule has 0 saturated heterocycles. The van der Waals surface area contributed by atoms with E-state index in [1.54, 1.807) is 24.3 Å². The molecule has 1 amide bonds. The molecule has 2 saturated carbocycles. The lowest BCUT2D eigenvalue weighted by Gasteiger charge is -2.26. The summed E-state index contributed by atoms with van der Waals surface area (Å²) in [5, 5.41) is 24.6. The van der Waals surface area contributed by atoms with E-state index in [0.29, 0.717) is 35.3 Å². The Hall–Kier alpha value is -2.68. The number of nitrogens with zero attached hydrogens (tertiary/aromatic N) is 2. The van der Waals surface area contributed by atoms with Gasteiger partial charge in [-0.1, -0.05) is 24.2 Å². The molecule has 2 aliphatic carbocycles. The van der Waals surface area contributed by atoms with E-state index in [4.69, 9.17) is 9.84 Å². The SMILES string of the molecule is O=C(Nc1nnc(NC2CCCC2)s1)c1ccc(O[C@H]2CC[C@@H](C(=O)O)CC2)cc1. The normalized spacial score (nSPS) is 21.9. The maximum Gasteiger partial charge on any atom is 0.306 e. The molecule has 8 nitrogen and oxygen atoms in total. The van der Waals surface area contributed by atoms with Crippen molar-refractivity contribution in [2.45, 2.75) is 63.5 Å². The summed E-state index contributed by atoms with van der Waals surface area (Å²) in [7, 11) is 0. The van der Waals surface area contributed by atoms with Gasteiger partial charge in [0.15, 0.2) is 0 Å². The summed E-state index contributed by atoms with van der Waals surface area (Å²) in [6, 6.07) is 7.42. The fourth-order valence-corrected chi connectivity index (χ4v) is 4.77. The van der Waals surface area contributed by atoms with Crippen LogP contribution in [0.25, 0.3) is 0 Å². The molecule has 2 aromatic rings. The first-order valence-electron chi connectivity index (χ1n) is 10.5. The Labute approximate surface area is 179 Å². The largest absolute Gasteiger partial charge is 0.490 e. The standard InChI is InChI=1S/C21H26N4O4S/c26-18(23-21-25-24-20(30-21)22-15-3-1-2-4-15)13-5-9-16(10-6-13)29-17-11-7-14(8-12-17)19(27)28/h5-6,9-10,14-15,17H,1-4,7-8,11-12H2,(H,22,24)(H,27,28)(H,23,25,26)/t14-,17+. The number of carbonyl (C=O) groups excluding carboxylic acids is 1. The highest BCUT2D eigenvalue weighted by Crippen LogP contribution is 2.29. The first kappa shape index (κ1) is 20.6. The van der Waals surface area contributed by atoms with Crippen molar-refractivity contribution in [3.05, 3.63) is 29.8 Å². The minimum Gasteiger partial charge on any atom is -0.490 e. The highest BCUT2D eigenvalue weighted by atomic mass is 32.1.